The molecule has 0 saturated heterocycles. The number of nitrogens with one attached hydrogen (secondary N) is 1. The van der Waals surface area contributed by atoms with Crippen LogP contribution in [0.2, 0.25) is 5.02 Å². The van der Waals surface area contributed by atoms with E-state index in [9.17, 15) is 9.59 Å². The van der Waals surface area contributed by atoms with Crippen LogP contribution in [0, 0.1) is 13.8 Å². The molecule has 0 spiro atoms. The number of benzene rings is 1. The molecule has 1 heterocycles. The predicted molar refractivity (Wildman–Crippen MR) is 71.4 cm³/mol. The number of pyridine rings is 1. The number of carbonyl (C=O) groups excluding carboxylic acids is 1. The molecule has 0 aliphatic heterocycles. The summed E-state index contributed by atoms with van der Waals surface area (Å²) < 4.78 is 0. The van der Waals surface area contributed by atoms with E-state index in [0.29, 0.717) is 16.3 Å². The fourth-order valence-corrected chi connectivity index (χ4v) is 2.00. The Morgan fingerprint density at radius 1 is 1.17 bits per heavy atom. The SMILES string of the molecule is Cc1cc(=O)c(C(=O)c2ccc(Cl)cc2)c(C)[nH]1. The van der Waals surface area contributed by atoms with Gasteiger partial charge < -0.3 is 4.98 Å². The number of hydrogen-bond acceptors (Lipinski definition) is 2. The maximum Gasteiger partial charge on any atom is 0.198 e. The van der Waals surface area contributed by atoms with Gasteiger partial charge >= 0.3 is 0 Å². The summed E-state index contributed by atoms with van der Waals surface area (Å²) in [6, 6.07) is 7.92. The van der Waals surface area contributed by atoms with E-state index in [4.69, 9.17) is 11.6 Å². The van der Waals surface area contributed by atoms with Gasteiger partial charge in [0.25, 0.3) is 0 Å². The molecule has 0 saturated carbocycles. The van der Waals surface area contributed by atoms with Gasteiger partial charge in [-0.3, -0.25) is 9.59 Å². The minimum absolute atomic E-state index is 0.183. The zero-order chi connectivity index (χ0) is 13.3. The zero-order valence-corrected chi connectivity index (χ0v) is 10.8. The lowest BCUT2D eigenvalue weighted by Crippen LogP contribution is -2.19. The number of aromatic amines is 1. The first-order valence-electron chi connectivity index (χ1n) is 5.50. The van der Waals surface area contributed by atoms with Crippen molar-refractivity contribution in [2.75, 3.05) is 0 Å². The van der Waals surface area contributed by atoms with Gasteiger partial charge in [0.15, 0.2) is 11.2 Å². The molecule has 1 aromatic carbocycles. The smallest absolute Gasteiger partial charge is 0.198 e. The Morgan fingerprint density at radius 2 is 1.78 bits per heavy atom. The van der Waals surface area contributed by atoms with Gasteiger partial charge in [0.1, 0.15) is 0 Å². The van der Waals surface area contributed by atoms with Crippen molar-refractivity contribution in [1.29, 1.82) is 0 Å². The molecule has 0 unspecified atom stereocenters. The molecule has 0 radical (unpaired) electrons. The molecule has 18 heavy (non-hydrogen) atoms. The third-order valence-electron chi connectivity index (χ3n) is 2.69. The molecule has 3 nitrogen and oxygen atoms in total. The predicted octanol–water partition coefficient (Wildman–Crippen LogP) is 2.88. The number of aromatic nitrogens is 1. The Kier molecular flexibility index (Phi) is 3.34. The van der Waals surface area contributed by atoms with Crippen molar-refractivity contribution in [3.05, 3.63) is 68.1 Å². The van der Waals surface area contributed by atoms with Crippen LogP contribution in [0.1, 0.15) is 27.3 Å². The van der Waals surface area contributed by atoms with Crippen molar-refractivity contribution in [1.82, 2.24) is 4.98 Å². The highest BCUT2D eigenvalue weighted by Crippen LogP contribution is 2.13. The van der Waals surface area contributed by atoms with E-state index < -0.39 is 0 Å². The van der Waals surface area contributed by atoms with Gasteiger partial charge in [-0.05, 0) is 38.1 Å². The van der Waals surface area contributed by atoms with Crippen LogP contribution < -0.4 is 5.43 Å². The summed E-state index contributed by atoms with van der Waals surface area (Å²) in [5.74, 6) is -0.287. The first kappa shape index (κ1) is 12.6. The average Bonchev–Trinajstić information content (AvgIpc) is 2.28. The van der Waals surface area contributed by atoms with Crippen LogP contribution >= 0.6 is 11.6 Å². The van der Waals surface area contributed by atoms with E-state index in [1.54, 1.807) is 38.1 Å². The highest BCUT2D eigenvalue weighted by molar-refractivity contribution is 6.30. The van der Waals surface area contributed by atoms with Gasteiger partial charge in [0.2, 0.25) is 0 Å². The van der Waals surface area contributed by atoms with Gasteiger partial charge in [-0.15, -0.1) is 0 Å². The number of carbonyl (C=O) groups is 1. The Bertz CT molecular complexity index is 656. The summed E-state index contributed by atoms with van der Waals surface area (Å²) in [4.78, 5) is 27.1. The van der Waals surface area contributed by atoms with E-state index >= 15 is 0 Å². The van der Waals surface area contributed by atoms with Crippen molar-refractivity contribution in [3.63, 3.8) is 0 Å². The van der Waals surface area contributed by atoms with Gasteiger partial charge in [-0.2, -0.15) is 0 Å². The molecule has 0 aliphatic carbocycles. The fraction of sp³-hybridized carbons (Fsp3) is 0.143. The quantitative estimate of drug-likeness (QED) is 0.845. The molecular formula is C14H12ClNO2. The molecular weight excluding hydrogens is 250 g/mol. The average molecular weight is 262 g/mol. The Morgan fingerprint density at radius 3 is 2.33 bits per heavy atom. The molecule has 0 bridgehead atoms. The highest BCUT2D eigenvalue weighted by Gasteiger charge is 2.16. The number of hydrogen-bond donors (Lipinski definition) is 1. The number of H-pyrrole nitrogens is 1. The number of aryl methyl sites for hydroxylation is 2. The lowest BCUT2D eigenvalue weighted by atomic mass is 10.0. The summed E-state index contributed by atoms with van der Waals surface area (Å²) in [5.41, 5.74) is 1.70. The largest absolute Gasteiger partial charge is 0.362 e. The molecule has 4 heteroatoms. The van der Waals surface area contributed by atoms with Crippen molar-refractivity contribution in [2.24, 2.45) is 0 Å². The van der Waals surface area contributed by atoms with Gasteiger partial charge in [0.05, 0.1) is 5.56 Å². The third kappa shape index (κ3) is 2.36. The number of ketones is 1. The second-order valence-corrected chi connectivity index (χ2v) is 4.59. The minimum atomic E-state index is -0.287. The summed E-state index contributed by atoms with van der Waals surface area (Å²) in [7, 11) is 0. The second kappa shape index (κ2) is 4.78. The van der Waals surface area contributed by atoms with E-state index in [1.807, 2.05) is 0 Å². The first-order chi connectivity index (χ1) is 8.49. The zero-order valence-electron chi connectivity index (χ0n) is 10.1. The van der Waals surface area contributed by atoms with E-state index in [2.05, 4.69) is 4.98 Å². The minimum Gasteiger partial charge on any atom is -0.362 e. The molecule has 2 rings (SSSR count). The molecule has 0 atom stereocenters. The van der Waals surface area contributed by atoms with E-state index in [-0.39, 0.29) is 16.8 Å². The standard InChI is InChI=1S/C14H12ClNO2/c1-8-7-12(17)13(9(2)16-8)14(18)10-3-5-11(15)6-4-10/h3-7H,1-2H3,(H,16,17). The van der Waals surface area contributed by atoms with Crippen LogP contribution in [0.3, 0.4) is 0 Å². The summed E-state index contributed by atoms with van der Waals surface area (Å²) in [5, 5.41) is 0.557. The normalized spacial score (nSPS) is 10.4. The van der Waals surface area contributed by atoms with Gasteiger partial charge in [-0.25, -0.2) is 0 Å². The van der Waals surface area contributed by atoms with Crippen molar-refractivity contribution in [2.45, 2.75) is 13.8 Å². The van der Waals surface area contributed by atoms with Crippen LogP contribution in [-0.4, -0.2) is 10.8 Å². The summed E-state index contributed by atoms with van der Waals surface area (Å²) in [6.45, 7) is 3.50. The summed E-state index contributed by atoms with van der Waals surface area (Å²) >= 11 is 5.77. The van der Waals surface area contributed by atoms with Crippen LogP contribution in [0.4, 0.5) is 0 Å². The molecule has 1 N–H and O–H groups in total. The molecule has 92 valence electrons. The lowest BCUT2D eigenvalue weighted by molar-refractivity contribution is 0.103. The molecule has 2 aromatic rings. The van der Waals surface area contributed by atoms with Crippen molar-refractivity contribution in [3.8, 4) is 0 Å². The Balaban J connectivity index is 2.53. The highest BCUT2D eigenvalue weighted by atomic mass is 35.5. The lowest BCUT2D eigenvalue weighted by Gasteiger charge is -2.05. The second-order valence-electron chi connectivity index (χ2n) is 4.15. The van der Waals surface area contributed by atoms with Crippen LogP contribution in [-0.2, 0) is 0 Å². The first-order valence-corrected chi connectivity index (χ1v) is 5.87. The fourth-order valence-electron chi connectivity index (χ4n) is 1.88. The van der Waals surface area contributed by atoms with E-state index in [0.717, 1.165) is 5.69 Å². The third-order valence-corrected chi connectivity index (χ3v) is 2.94. The maximum absolute atomic E-state index is 12.2. The number of rotatable bonds is 2. The van der Waals surface area contributed by atoms with E-state index in [1.165, 1.54) is 6.07 Å². The topological polar surface area (TPSA) is 49.9 Å². The molecule has 0 fully saturated rings. The van der Waals surface area contributed by atoms with Crippen LogP contribution in [0.5, 0.6) is 0 Å². The number of halogens is 1. The van der Waals surface area contributed by atoms with Gasteiger partial charge in [0, 0.05) is 28.0 Å². The monoisotopic (exact) mass is 261 g/mol. The Hall–Kier alpha value is -1.87. The van der Waals surface area contributed by atoms with Crippen molar-refractivity contribution < 1.29 is 4.79 Å². The molecule has 0 amide bonds. The van der Waals surface area contributed by atoms with Crippen molar-refractivity contribution >= 4 is 17.4 Å². The van der Waals surface area contributed by atoms with Crippen LogP contribution in [0.15, 0.2) is 35.1 Å². The molecule has 0 aliphatic rings. The molecule has 1 aromatic heterocycles. The summed E-state index contributed by atoms with van der Waals surface area (Å²) in [6.07, 6.45) is 0. The van der Waals surface area contributed by atoms with Gasteiger partial charge in [-0.1, -0.05) is 11.6 Å². The Labute approximate surface area is 109 Å². The van der Waals surface area contributed by atoms with Crippen LogP contribution in [0.25, 0.3) is 0 Å². The maximum atomic E-state index is 12.2.